The van der Waals surface area contributed by atoms with Gasteiger partial charge in [0.2, 0.25) is 11.7 Å². The van der Waals surface area contributed by atoms with Gasteiger partial charge in [0.25, 0.3) is 0 Å². The van der Waals surface area contributed by atoms with Gasteiger partial charge in [0.1, 0.15) is 12.0 Å². The van der Waals surface area contributed by atoms with Crippen LogP contribution in [0.1, 0.15) is 50.9 Å². The molecule has 1 aromatic rings. The molecule has 0 saturated carbocycles. The first kappa shape index (κ1) is 15.9. The summed E-state index contributed by atoms with van der Waals surface area (Å²) in [4.78, 5) is 16.4. The second-order valence-corrected chi connectivity index (χ2v) is 5.36. The standard InChI is InChI=1S/C14H22N2O5/c1-4-19-14(17)10(7-9(2)3)13-15-12(16-21-13)11-8-18-5-6-20-11/h9-11H,4-8H2,1-3H3. The van der Waals surface area contributed by atoms with Crippen molar-refractivity contribution in [2.75, 3.05) is 26.4 Å². The molecule has 7 nitrogen and oxygen atoms in total. The minimum absolute atomic E-state index is 0.284. The van der Waals surface area contributed by atoms with Crippen molar-refractivity contribution in [2.24, 2.45) is 5.92 Å². The molecule has 2 heterocycles. The summed E-state index contributed by atoms with van der Waals surface area (Å²) < 4.78 is 21.2. The lowest BCUT2D eigenvalue weighted by atomic mass is 9.97. The minimum atomic E-state index is -0.532. The van der Waals surface area contributed by atoms with Crippen molar-refractivity contribution in [3.8, 4) is 0 Å². The topological polar surface area (TPSA) is 83.7 Å². The Morgan fingerprint density at radius 1 is 1.43 bits per heavy atom. The number of ether oxygens (including phenoxy) is 3. The number of carbonyl (C=O) groups excluding carboxylic acids is 1. The summed E-state index contributed by atoms with van der Waals surface area (Å²) in [6, 6.07) is 0. The lowest BCUT2D eigenvalue weighted by molar-refractivity contribution is -0.146. The summed E-state index contributed by atoms with van der Waals surface area (Å²) in [6.07, 6.45) is 0.265. The van der Waals surface area contributed by atoms with E-state index in [1.54, 1.807) is 6.92 Å². The molecule has 0 bridgehead atoms. The van der Waals surface area contributed by atoms with Crippen LogP contribution in [0.15, 0.2) is 4.52 Å². The van der Waals surface area contributed by atoms with Gasteiger partial charge in [-0.3, -0.25) is 4.79 Å². The maximum Gasteiger partial charge on any atom is 0.318 e. The first-order chi connectivity index (χ1) is 10.1. The largest absolute Gasteiger partial charge is 0.465 e. The normalized spacial score (nSPS) is 20.5. The number of hydrogen-bond acceptors (Lipinski definition) is 7. The monoisotopic (exact) mass is 298 g/mol. The molecule has 0 radical (unpaired) electrons. The molecule has 2 atom stereocenters. The van der Waals surface area contributed by atoms with Crippen LogP contribution in [0, 0.1) is 5.92 Å². The van der Waals surface area contributed by atoms with Crippen molar-refractivity contribution in [2.45, 2.75) is 39.2 Å². The van der Waals surface area contributed by atoms with Gasteiger partial charge < -0.3 is 18.7 Å². The number of hydrogen-bond donors (Lipinski definition) is 0. The predicted octanol–water partition coefficient (Wildman–Crippen LogP) is 1.85. The quantitative estimate of drug-likeness (QED) is 0.741. The Labute approximate surface area is 123 Å². The first-order valence-electron chi connectivity index (χ1n) is 7.31. The molecule has 1 aromatic heterocycles. The molecule has 1 fully saturated rings. The Morgan fingerprint density at radius 3 is 2.86 bits per heavy atom. The van der Waals surface area contributed by atoms with Crippen LogP contribution in [0.2, 0.25) is 0 Å². The fourth-order valence-electron chi connectivity index (χ4n) is 2.17. The maximum atomic E-state index is 12.1. The summed E-state index contributed by atoms with van der Waals surface area (Å²) in [5, 5.41) is 3.91. The van der Waals surface area contributed by atoms with E-state index in [4.69, 9.17) is 18.7 Å². The minimum Gasteiger partial charge on any atom is -0.465 e. The Morgan fingerprint density at radius 2 is 2.24 bits per heavy atom. The van der Waals surface area contributed by atoms with E-state index < -0.39 is 5.92 Å². The third-order valence-corrected chi connectivity index (χ3v) is 3.14. The second kappa shape index (κ2) is 7.51. The zero-order chi connectivity index (χ0) is 15.2. The van der Waals surface area contributed by atoms with Crippen molar-refractivity contribution in [1.29, 1.82) is 0 Å². The summed E-state index contributed by atoms with van der Waals surface area (Å²) in [5.41, 5.74) is 0. The Balaban J connectivity index is 2.12. The predicted molar refractivity (Wildman–Crippen MR) is 72.6 cm³/mol. The maximum absolute atomic E-state index is 12.1. The highest BCUT2D eigenvalue weighted by Gasteiger charge is 2.31. The van der Waals surface area contributed by atoms with Gasteiger partial charge in [-0.1, -0.05) is 19.0 Å². The number of esters is 1. The van der Waals surface area contributed by atoms with Crippen molar-refractivity contribution >= 4 is 5.97 Å². The molecule has 2 unspecified atom stereocenters. The van der Waals surface area contributed by atoms with E-state index in [-0.39, 0.29) is 18.0 Å². The molecule has 118 valence electrons. The van der Waals surface area contributed by atoms with Crippen LogP contribution in [-0.2, 0) is 19.0 Å². The van der Waals surface area contributed by atoms with E-state index in [0.717, 1.165) is 0 Å². The summed E-state index contributed by atoms with van der Waals surface area (Å²) in [7, 11) is 0. The highest BCUT2D eigenvalue weighted by Crippen LogP contribution is 2.26. The summed E-state index contributed by atoms with van der Waals surface area (Å²) in [5.74, 6) is 0.149. The molecule has 1 saturated heterocycles. The van der Waals surface area contributed by atoms with Crippen molar-refractivity contribution in [3.05, 3.63) is 11.7 Å². The molecule has 0 N–H and O–H groups in total. The third-order valence-electron chi connectivity index (χ3n) is 3.14. The smallest absolute Gasteiger partial charge is 0.318 e. The molecule has 21 heavy (non-hydrogen) atoms. The van der Waals surface area contributed by atoms with E-state index in [1.807, 2.05) is 13.8 Å². The van der Waals surface area contributed by atoms with E-state index in [0.29, 0.717) is 44.6 Å². The molecule has 7 heteroatoms. The van der Waals surface area contributed by atoms with Crippen LogP contribution in [0.5, 0.6) is 0 Å². The van der Waals surface area contributed by atoms with Crippen LogP contribution in [0.3, 0.4) is 0 Å². The van der Waals surface area contributed by atoms with Gasteiger partial charge in [-0.25, -0.2) is 0 Å². The second-order valence-electron chi connectivity index (χ2n) is 5.36. The molecule has 2 rings (SSSR count). The van der Waals surface area contributed by atoms with Gasteiger partial charge in [0.15, 0.2) is 0 Å². The molecule has 0 aliphatic carbocycles. The lowest BCUT2D eigenvalue weighted by Crippen LogP contribution is -2.23. The van der Waals surface area contributed by atoms with Gasteiger partial charge in [0, 0.05) is 0 Å². The Bertz CT molecular complexity index is 454. The first-order valence-corrected chi connectivity index (χ1v) is 7.31. The lowest BCUT2D eigenvalue weighted by Gasteiger charge is -2.19. The van der Waals surface area contributed by atoms with E-state index >= 15 is 0 Å². The molecule has 0 aromatic carbocycles. The number of carbonyl (C=O) groups is 1. The van der Waals surface area contributed by atoms with Crippen LogP contribution in [-0.4, -0.2) is 42.5 Å². The third kappa shape index (κ3) is 4.25. The Hall–Kier alpha value is -1.47. The summed E-state index contributed by atoms with van der Waals surface area (Å²) in [6.45, 7) is 7.63. The number of nitrogens with zero attached hydrogens (tertiary/aromatic N) is 2. The fourth-order valence-corrected chi connectivity index (χ4v) is 2.17. The zero-order valence-corrected chi connectivity index (χ0v) is 12.7. The van der Waals surface area contributed by atoms with Gasteiger partial charge in [0.05, 0.1) is 26.4 Å². The van der Waals surface area contributed by atoms with Crippen molar-refractivity contribution in [3.63, 3.8) is 0 Å². The van der Waals surface area contributed by atoms with Crippen LogP contribution < -0.4 is 0 Å². The van der Waals surface area contributed by atoms with Gasteiger partial charge in [-0.05, 0) is 19.3 Å². The molecule has 1 aliphatic rings. The molecular weight excluding hydrogens is 276 g/mol. The highest BCUT2D eigenvalue weighted by atomic mass is 16.6. The SMILES string of the molecule is CCOC(=O)C(CC(C)C)c1nc(C2COCCO2)no1. The van der Waals surface area contributed by atoms with Crippen LogP contribution in [0.4, 0.5) is 0 Å². The van der Waals surface area contributed by atoms with E-state index in [1.165, 1.54) is 0 Å². The average molecular weight is 298 g/mol. The van der Waals surface area contributed by atoms with Crippen molar-refractivity contribution < 1.29 is 23.5 Å². The number of rotatable bonds is 6. The van der Waals surface area contributed by atoms with E-state index in [2.05, 4.69) is 10.1 Å². The van der Waals surface area contributed by atoms with Crippen LogP contribution in [0.25, 0.3) is 0 Å². The van der Waals surface area contributed by atoms with Gasteiger partial charge in [-0.15, -0.1) is 0 Å². The Kier molecular flexibility index (Phi) is 5.69. The van der Waals surface area contributed by atoms with Gasteiger partial charge >= 0.3 is 5.97 Å². The fraction of sp³-hybridized carbons (Fsp3) is 0.786. The van der Waals surface area contributed by atoms with Crippen molar-refractivity contribution in [1.82, 2.24) is 10.1 Å². The van der Waals surface area contributed by atoms with E-state index in [9.17, 15) is 4.79 Å². The van der Waals surface area contributed by atoms with Crippen LogP contribution >= 0.6 is 0 Å². The molecule has 1 aliphatic heterocycles. The number of aromatic nitrogens is 2. The molecular formula is C14H22N2O5. The zero-order valence-electron chi connectivity index (χ0n) is 12.7. The average Bonchev–Trinajstić information content (AvgIpc) is 2.95. The van der Waals surface area contributed by atoms with Gasteiger partial charge in [-0.2, -0.15) is 4.98 Å². The molecule has 0 spiro atoms. The summed E-state index contributed by atoms with van der Waals surface area (Å²) >= 11 is 0. The highest BCUT2D eigenvalue weighted by molar-refractivity contribution is 5.76. The molecule has 0 amide bonds.